The van der Waals surface area contributed by atoms with Gasteiger partial charge in [0.25, 0.3) is 0 Å². The molecule has 7 heteroatoms. The summed E-state index contributed by atoms with van der Waals surface area (Å²) in [5.41, 5.74) is 0. The molecule has 0 bridgehead atoms. The van der Waals surface area contributed by atoms with Crippen molar-refractivity contribution in [3.8, 4) is 0 Å². The van der Waals surface area contributed by atoms with Crippen molar-refractivity contribution in [1.82, 2.24) is 15.5 Å². The number of amides is 2. The molecule has 1 heterocycles. The van der Waals surface area contributed by atoms with E-state index in [0.29, 0.717) is 5.13 Å². The van der Waals surface area contributed by atoms with E-state index in [-0.39, 0.29) is 24.6 Å². The second kappa shape index (κ2) is 6.51. The molecule has 1 aromatic rings. The van der Waals surface area contributed by atoms with Crippen molar-refractivity contribution >= 4 is 22.5 Å². The average Bonchev–Trinajstić information content (AvgIpc) is 2.75. The Morgan fingerprint density at radius 2 is 2.18 bits per heavy atom. The molecule has 0 saturated carbocycles. The SMILES string of the molecule is CCc1nnc(NC(=O)N[C@@H](C)[C@H](C)CO)s1. The van der Waals surface area contributed by atoms with Gasteiger partial charge in [0.2, 0.25) is 5.13 Å². The molecule has 1 rings (SSSR count). The molecule has 0 aliphatic heterocycles. The van der Waals surface area contributed by atoms with E-state index >= 15 is 0 Å². The summed E-state index contributed by atoms with van der Waals surface area (Å²) in [7, 11) is 0. The van der Waals surface area contributed by atoms with Crippen molar-refractivity contribution in [1.29, 1.82) is 0 Å². The molecule has 0 aromatic carbocycles. The lowest BCUT2D eigenvalue weighted by Crippen LogP contribution is -2.40. The number of nitrogens with one attached hydrogen (secondary N) is 2. The third-order valence-corrected chi connectivity index (χ3v) is 3.47. The van der Waals surface area contributed by atoms with E-state index in [0.717, 1.165) is 11.4 Å². The highest BCUT2D eigenvalue weighted by atomic mass is 32.1. The maximum Gasteiger partial charge on any atom is 0.321 e. The van der Waals surface area contributed by atoms with Crippen molar-refractivity contribution in [2.24, 2.45) is 5.92 Å². The number of rotatable bonds is 5. The van der Waals surface area contributed by atoms with Crippen LogP contribution in [-0.2, 0) is 6.42 Å². The molecule has 96 valence electrons. The Labute approximate surface area is 104 Å². The zero-order valence-electron chi connectivity index (χ0n) is 10.2. The Morgan fingerprint density at radius 3 is 2.71 bits per heavy atom. The van der Waals surface area contributed by atoms with E-state index < -0.39 is 0 Å². The lowest BCUT2D eigenvalue weighted by atomic mass is 10.1. The van der Waals surface area contributed by atoms with E-state index in [2.05, 4.69) is 20.8 Å². The third-order valence-electron chi connectivity index (χ3n) is 2.49. The van der Waals surface area contributed by atoms with Crippen LogP contribution in [-0.4, -0.2) is 34.0 Å². The second-order valence-electron chi connectivity index (χ2n) is 3.90. The lowest BCUT2D eigenvalue weighted by molar-refractivity contribution is 0.204. The molecule has 17 heavy (non-hydrogen) atoms. The number of nitrogens with zero attached hydrogens (tertiary/aromatic N) is 2. The highest BCUT2D eigenvalue weighted by molar-refractivity contribution is 7.15. The summed E-state index contributed by atoms with van der Waals surface area (Å²) in [6.07, 6.45) is 0.804. The van der Waals surface area contributed by atoms with Crippen LogP contribution in [0.5, 0.6) is 0 Å². The van der Waals surface area contributed by atoms with Crippen LogP contribution in [0.1, 0.15) is 25.8 Å². The zero-order valence-corrected chi connectivity index (χ0v) is 11.0. The van der Waals surface area contributed by atoms with Crippen molar-refractivity contribution in [3.63, 3.8) is 0 Å². The second-order valence-corrected chi connectivity index (χ2v) is 4.96. The summed E-state index contributed by atoms with van der Waals surface area (Å²) in [5, 5.41) is 23.4. The normalized spacial score (nSPS) is 14.1. The molecule has 3 N–H and O–H groups in total. The van der Waals surface area contributed by atoms with Crippen LogP contribution in [0.2, 0.25) is 0 Å². The Bertz CT molecular complexity index is 369. The summed E-state index contributed by atoms with van der Waals surface area (Å²) >= 11 is 1.36. The average molecular weight is 258 g/mol. The summed E-state index contributed by atoms with van der Waals surface area (Å²) in [5.74, 6) is 0.0152. The van der Waals surface area contributed by atoms with E-state index in [1.54, 1.807) is 0 Å². The van der Waals surface area contributed by atoms with Crippen molar-refractivity contribution < 1.29 is 9.90 Å². The number of anilines is 1. The van der Waals surface area contributed by atoms with Gasteiger partial charge in [0.15, 0.2) is 0 Å². The Kier molecular flexibility index (Phi) is 5.30. The first-order valence-electron chi connectivity index (χ1n) is 5.57. The van der Waals surface area contributed by atoms with Crippen molar-refractivity contribution in [2.75, 3.05) is 11.9 Å². The highest BCUT2D eigenvalue weighted by Gasteiger charge is 2.14. The molecule has 0 aliphatic carbocycles. The number of hydrogen-bond donors (Lipinski definition) is 3. The van der Waals surface area contributed by atoms with Crippen LogP contribution in [0.4, 0.5) is 9.93 Å². The van der Waals surface area contributed by atoms with Crippen LogP contribution in [0, 0.1) is 5.92 Å². The largest absolute Gasteiger partial charge is 0.396 e. The van der Waals surface area contributed by atoms with Gasteiger partial charge in [-0.15, -0.1) is 10.2 Å². The molecular weight excluding hydrogens is 240 g/mol. The predicted octanol–water partition coefficient (Wildman–Crippen LogP) is 1.24. The number of aromatic nitrogens is 2. The van der Waals surface area contributed by atoms with Gasteiger partial charge >= 0.3 is 6.03 Å². The first-order chi connectivity index (χ1) is 8.06. The van der Waals surface area contributed by atoms with Crippen molar-refractivity contribution in [3.05, 3.63) is 5.01 Å². The van der Waals surface area contributed by atoms with Gasteiger partial charge in [0.1, 0.15) is 5.01 Å². The summed E-state index contributed by atoms with van der Waals surface area (Å²) in [6.45, 7) is 5.73. The minimum atomic E-state index is -0.323. The summed E-state index contributed by atoms with van der Waals surface area (Å²) < 4.78 is 0. The summed E-state index contributed by atoms with van der Waals surface area (Å²) in [4.78, 5) is 11.6. The van der Waals surface area contributed by atoms with E-state index in [9.17, 15) is 4.79 Å². The molecule has 2 amide bonds. The number of urea groups is 1. The monoisotopic (exact) mass is 258 g/mol. The lowest BCUT2D eigenvalue weighted by Gasteiger charge is -2.18. The van der Waals surface area contributed by atoms with Gasteiger partial charge in [-0.25, -0.2) is 4.79 Å². The first-order valence-corrected chi connectivity index (χ1v) is 6.39. The minimum Gasteiger partial charge on any atom is -0.396 e. The minimum absolute atomic E-state index is 0.0152. The maximum absolute atomic E-state index is 11.6. The fourth-order valence-electron chi connectivity index (χ4n) is 1.09. The van der Waals surface area contributed by atoms with Gasteiger partial charge in [-0.1, -0.05) is 25.2 Å². The molecule has 0 unspecified atom stereocenters. The van der Waals surface area contributed by atoms with Gasteiger partial charge in [0.05, 0.1) is 0 Å². The Hall–Kier alpha value is -1.21. The van der Waals surface area contributed by atoms with Gasteiger partial charge in [-0.2, -0.15) is 0 Å². The summed E-state index contributed by atoms with van der Waals surface area (Å²) in [6, 6.07) is -0.421. The van der Waals surface area contributed by atoms with Crippen molar-refractivity contribution in [2.45, 2.75) is 33.2 Å². The van der Waals surface area contributed by atoms with E-state index in [4.69, 9.17) is 5.11 Å². The first kappa shape index (κ1) is 13.9. The molecule has 0 aliphatic rings. The maximum atomic E-state index is 11.6. The van der Waals surface area contributed by atoms with Gasteiger partial charge in [-0.05, 0) is 19.3 Å². The standard InChI is InChI=1S/C10H18N4O2S/c1-4-8-13-14-10(17-8)12-9(16)11-7(3)6(2)5-15/h6-7,15H,4-5H2,1-3H3,(H2,11,12,14,16)/t6-,7+/m1/s1. The fraction of sp³-hybridized carbons (Fsp3) is 0.700. The highest BCUT2D eigenvalue weighted by Crippen LogP contribution is 2.15. The molecule has 0 fully saturated rings. The fourth-order valence-corrected chi connectivity index (χ4v) is 1.76. The zero-order chi connectivity index (χ0) is 12.8. The van der Waals surface area contributed by atoms with Crippen LogP contribution >= 0.6 is 11.3 Å². The molecule has 0 radical (unpaired) electrons. The molecule has 2 atom stereocenters. The Morgan fingerprint density at radius 1 is 1.47 bits per heavy atom. The molecule has 0 spiro atoms. The number of aliphatic hydroxyl groups is 1. The van der Waals surface area contributed by atoms with Gasteiger partial charge in [-0.3, -0.25) is 5.32 Å². The third kappa shape index (κ3) is 4.27. The van der Waals surface area contributed by atoms with Crippen LogP contribution < -0.4 is 10.6 Å². The predicted molar refractivity (Wildman–Crippen MR) is 67.2 cm³/mol. The number of carbonyl (C=O) groups excluding carboxylic acids is 1. The van der Waals surface area contributed by atoms with E-state index in [1.807, 2.05) is 20.8 Å². The molecule has 6 nitrogen and oxygen atoms in total. The van der Waals surface area contributed by atoms with Gasteiger partial charge in [0, 0.05) is 12.6 Å². The number of aryl methyl sites for hydroxylation is 1. The number of carbonyl (C=O) groups is 1. The number of aliphatic hydroxyl groups excluding tert-OH is 1. The van der Waals surface area contributed by atoms with Crippen LogP contribution in [0.25, 0.3) is 0 Å². The van der Waals surface area contributed by atoms with Crippen LogP contribution in [0.15, 0.2) is 0 Å². The van der Waals surface area contributed by atoms with E-state index in [1.165, 1.54) is 11.3 Å². The number of hydrogen-bond acceptors (Lipinski definition) is 5. The molecule has 1 aromatic heterocycles. The smallest absolute Gasteiger partial charge is 0.321 e. The molecule has 0 saturated heterocycles. The molecular formula is C10H18N4O2S. The topological polar surface area (TPSA) is 87.1 Å². The Balaban J connectivity index is 2.44. The quantitative estimate of drug-likeness (QED) is 0.741. The van der Waals surface area contributed by atoms with Gasteiger partial charge < -0.3 is 10.4 Å². The van der Waals surface area contributed by atoms with Crippen LogP contribution in [0.3, 0.4) is 0 Å².